The molecule has 0 aliphatic carbocycles. The quantitative estimate of drug-likeness (QED) is 0.573. The number of ketones is 1. The number of benzene rings is 1. The van der Waals surface area contributed by atoms with E-state index in [9.17, 15) is 9.59 Å². The van der Waals surface area contributed by atoms with E-state index < -0.39 is 0 Å². The van der Waals surface area contributed by atoms with Crippen molar-refractivity contribution in [1.29, 1.82) is 0 Å². The SMILES string of the molecule is CCOC(=O)/C=C/CCC1CN(Cc2ccccc2)CCC1=O. The van der Waals surface area contributed by atoms with Crippen molar-refractivity contribution in [2.45, 2.75) is 32.7 Å². The predicted octanol–water partition coefficient (Wildman–Crippen LogP) is 2.98. The molecule has 4 nitrogen and oxygen atoms in total. The van der Waals surface area contributed by atoms with E-state index in [1.807, 2.05) is 18.2 Å². The van der Waals surface area contributed by atoms with E-state index in [0.29, 0.717) is 18.8 Å². The minimum absolute atomic E-state index is 0.0688. The number of carbonyl (C=O) groups excluding carboxylic acids is 2. The van der Waals surface area contributed by atoms with Gasteiger partial charge in [0.05, 0.1) is 6.61 Å². The molecule has 0 spiro atoms. The minimum atomic E-state index is -0.312. The molecular formula is C19H25NO3. The van der Waals surface area contributed by atoms with E-state index in [2.05, 4.69) is 17.0 Å². The summed E-state index contributed by atoms with van der Waals surface area (Å²) >= 11 is 0. The highest BCUT2D eigenvalue weighted by Gasteiger charge is 2.26. The molecular weight excluding hydrogens is 290 g/mol. The monoisotopic (exact) mass is 315 g/mol. The van der Waals surface area contributed by atoms with Crippen LogP contribution < -0.4 is 0 Å². The van der Waals surface area contributed by atoms with Crippen LogP contribution in [0.5, 0.6) is 0 Å². The van der Waals surface area contributed by atoms with Crippen molar-refractivity contribution in [2.75, 3.05) is 19.7 Å². The second-order valence-corrected chi connectivity index (χ2v) is 5.87. The highest BCUT2D eigenvalue weighted by Crippen LogP contribution is 2.20. The summed E-state index contributed by atoms with van der Waals surface area (Å²) in [7, 11) is 0. The van der Waals surface area contributed by atoms with Crippen LogP contribution in [0.25, 0.3) is 0 Å². The molecule has 23 heavy (non-hydrogen) atoms. The summed E-state index contributed by atoms with van der Waals surface area (Å²) in [4.78, 5) is 25.7. The number of allylic oxidation sites excluding steroid dienone is 1. The summed E-state index contributed by atoms with van der Waals surface area (Å²) in [5.74, 6) is 0.103. The summed E-state index contributed by atoms with van der Waals surface area (Å²) in [5.41, 5.74) is 1.28. The van der Waals surface area contributed by atoms with Crippen molar-refractivity contribution in [3.63, 3.8) is 0 Å². The molecule has 0 radical (unpaired) electrons. The highest BCUT2D eigenvalue weighted by molar-refractivity contribution is 5.82. The third-order valence-corrected chi connectivity index (χ3v) is 4.08. The fourth-order valence-corrected chi connectivity index (χ4v) is 2.88. The van der Waals surface area contributed by atoms with Gasteiger partial charge in [0.25, 0.3) is 0 Å². The van der Waals surface area contributed by atoms with Gasteiger partial charge in [-0.15, -0.1) is 0 Å². The Hall–Kier alpha value is -1.94. The summed E-state index contributed by atoms with van der Waals surface area (Å²) in [6.07, 6.45) is 5.41. The largest absolute Gasteiger partial charge is 0.463 e. The first-order valence-electron chi connectivity index (χ1n) is 8.31. The molecule has 4 heteroatoms. The van der Waals surface area contributed by atoms with Gasteiger partial charge in [0.15, 0.2) is 0 Å². The van der Waals surface area contributed by atoms with Gasteiger partial charge in [-0.1, -0.05) is 36.4 Å². The van der Waals surface area contributed by atoms with E-state index >= 15 is 0 Å². The van der Waals surface area contributed by atoms with E-state index in [4.69, 9.17) is 4.74 Å². The summed E-state index contributed by atoms with van der Waals surface area (Å²) < 4.78 is 4.84. The average molecular weight is 315 g/mol. The summed E-state index contributed by atoms with van der Waals surface area (Å²) in [6.45, 7) is 4.71. The lowest BCUT2D eigenvalue weighted by molar-refractivity contribution is -0.137. The number of hydrogen-bond donors (Lipinski definition) is 0. The molecule has 1 aromatic rings. The lowest BCUT2D eigenvalue weighted by atomic mass is 9.91. The minimum Gasteiger partial charge on any atom is -0.463 e. The van der Waals surface area contributed by atoms with E-state index in [1.54, 1.807) is 13.0 Å². The van der Waals surface area contributed by atoms with Gasteiger partial charge in [-0.25, -0.2) is 4.79 Å². The van der Waals surface area contributed by atoms with Crippen LogP contribution in [0.3, 0.4) is 0 Å². The molecule has 1 fully saturated rings. The van der Waals surface area contributed by atoms with Crippen LogP contribution in [-0.2, 0) is 20.9 Å². The van der Waals surface area contributed by atoms with Crippen molar-refractivity contribution in [2.24, 2.45) is 5.92 Å². The van der Waals surface area contributed by atoms with Crippen molar-refractivity contribution in [3.05, 3.63) is 48.0 Å². The van der Waals surface area contributed by atoms with Crippen molar-refractivity contribution in [3.8, 4) is 0 Å². The van der Waals surface area contributed by atoms with E-state index in [1.165, 1.54) is 11.6 Å². The van der Waals surface area contributed by atoms with Gasteiger partial charge >= 0.3 is 5.97 Å². The van der Waals surface area contributed by atoms with Gasteiger partial charge in [-0.2, -0.15) is 0 Å². The number of rotatable bonds is 7. The first kappa shape index (κ1) is 17.4. The summed E-state index contributed by atoms with van der Waals surface area (Å²) in [5, 5.41) is 0. The normalized spacial score (nSPS) is 19.2. The maximum Gasteiger partial charge on any atom is 0.330 e. The van der Waals surface area contributed by atoms with Crippen LogP contribution in [0.15, 0.2) is 42.5 Å². The van der Waals surface area contributed by atoms with E-state index in [0.717, 1.165) is 32.5 Å². The molecule has 124 valence electrons. The molecule has 1 aromatic carbocycles. The van der Waals surface area contributed by atoms with Gasteiger partial charge in [0.1, 0.15) is 5.78 Å². The van der Waals surface area contributed by atoms with Crippen molar-refractivity contribution < 1.29 is 14.3 Å². The van der Waals surface area contributed by atoms with Crippen LogP contribution in [0.1, 0.15) is 31.7 Å². The summed E-state index contributed by atoms with van der Waals surface area (Å²) in [6, 6.07) is 10.3. The standard InChI is InChI=1S/C19H25NO3/c1-2-23-19(22)11-7-6-10-17-15-20(13-12-18(17)21)14-16-8-4-3-5-9-16/h3-5,7-9,11,17H,2,6,10,12-15H2,1H3/b11-7+. The van der Waals surface area contributed by atoms with Crippen LogP contribution in [-0.4, -0.2) is 36.3 Å². The Morgan fingerprint density at radius 2 is 2.13 bits per heavy atom. The van der Waals surface area contributed by atoms with Crippen LogP contribution in [0, 0.1) is 5.92 Å². The first-order valence-corrected chi connectivity index (χ1v) is 8.31. The van der Waals surface area contributed by atoms with Crippen molar-refractivity contribution in [1.82, 2.24) is 4.90 Å². The molecule has 0 aromatic heterocycles. The van der Waals surface area contributed by atoms with Crippen LogP contribution >= 0.6 is 0 Å². The maximum absolute atomic E-state index is 12.1. The van der Waals surface area contributed by atoms with Gasteiger partial charge < -0.3 is 4.74 Å². The number of nitrogens with zero attached hydrogens (tertiary/aromatic N) is 1. The molecule has 0 N–H and O–H groups in total. The fourth-order valence-electron chi connectivity index (χ4n) is 2.88. The average Bonchev–Trinajstić information content (AvgIpc) is 2.55. The Labute approximate surface area is 138 Å². The predicted molar refractivity (Wildman–Crippen MR) is 89.8 cm³/mol. The zero-order valence-electron chi connectivity index (χ0n) is 13.7. The lowest BCUT2D eigenvalue weighted by Gasteiger charge is -2.31. The van der Waals surface area contributed by atoms with Crippen LogP contribution in [0.4, 0.5) is 0 Å². The molecule has 0 amide bonds. The number of ether oxygens (including phenoxy) is 1. The zero-order valence-corrected chi connectivity index (χ0v) is 13.7. The molecule has 1 atom stereocenters. The van der Waals surface area contributed by atoms with Gasteiger partial charge in [0, 0.05) is 38.0 Å². The number of hydrogen-bond acceptors (Lipinski definition) is 4. The Kier molecular flexibility index (Phi) is 7.01. The number of carbonyl (C=O) groups is 2. The molecule has 0 saturated carbocycles. The Bertz CT molecular complexity index is 539. The molecule has 1 heterocycles. The Balaban J connectivity index is 1.79. The Morgan fingerprint density at radius 3 is 2.87 bits per heavy atom. The van der Waals surface area contributed by atoms with Crippen LogP contribution in [0.2, 0.25) is 0 Å². The zero-order chi connectivity index (χ0) is 16.5. The topological polar surface area (TPSA) is 46.6 Å². The smallest absolute Gasteiger partial charge is 0.330 e. The number of Topliss-reactive ketones (excluding diaryl/α,β-unsaturated/α-hetero) is 1. The third kappa shape index (κ3) is 5.99. The molecule has 0 bridgehead atoms. The number of likely N-dealkylation sites (tertiary alicyclic amines) is 1. The number of piperidine rings is 1. The van der Waals surface area contributed by atoms with Gasteiger partial charge in [-0.3, -0.25) is 9.69 Å². The molecule has 1 unspecified atom stereocenters. The maximum atomic E-state index is 12.1. The van der Waals surface area contributed by atoms with E-state index in [-0.39, 0.29) is 11.9 Å². The lowest BCUT2D eigenvalue weighted by Crippen LogP contribution is -2.40. The fraction of sp³-hybridized carbons (Fsp3) is 0.474. The molecule has 1 saturated heterocycles. The number of esters is 1. The second-order valence-electron chi connectivity index (χ2n) is 5.87. The first-order chi connectivity index (χ1) is 11.2. The molecule has 1 aliphatic heterocycles. The molecule has 1 aliphatic rings. The Morgan fingerprint density at radius 1 is 1.35 bits per heavy atom. The third-order valence-electron chi connectivity index (χ3n) is 4.08. The molecule has 2 rings (SSSR count). The van der Waals surface area contributed by atoms with Gasteiger partial charge in [0.2, 0.25) is 0 Å². The highest BCUT2D eigenvalue weighted by atomic mass is 16.5. The second kappa shape index (κ2) is 9.26. The van der Waals surface area contributed by atoms with Crippen molar-refractivity contribution >= 4 is 11.8 Å². The van der Waals surface area contributed by atoms with Gasteiger partial charge in [-0.05, 0) is 25.3 Å².